The average molecular weight is 162 g/mol. The highest BCUT2D eigenvalue weighted by atomic mass is 16.1. The lowest BCUT2D eigenvalue weighted by atomic mass is 9.78. The van der Waals surface area contributed by atoms with Crippen molar-refractivity contribution < 1.29 is 4.79 Å². The van der Waals surface area contributed by atoms with Gasteiger partial charge in [0.05, 0.1) is 0 Å². The van der Waals surface area contributed by atoms with Crippen LogP contribution in [-0.2, 0) is 4.79 Å². The third-order valence-electron chi connectivity index (χ3n) is 3.14. The van der Waals surface area contributed by atoms with Gasteiger partial charge in [-0.1, -0.05) is 17.7 Å². The van der Waals surface area contributed by atoms with Gasteiger partial charge in [-0.15, -0.1) is 0 Å². The molecule has 0 aromatic heterocycles. The molecule has 0 saturated heterocycles. The van der Waals surface area contributed by atoms with Gasteiger partial charge < -0.3 is 0 Å². The van der Waals surface area contributed by atoms with Crippen LogP contribution in [0.15, 0.2) is 23.3 Å². The molecule has 64 valence electrons. The van der Waals surface area contributed by atoms with Crippen LogP contribution >= 0.6 is 0 Å². The lowest BCUT2D eigenvalue weighted by molar-refractivity contribution is -0.105. The van der Waals surface area contributed by atoms with Crippen molar-refractivity contribution in [2.45, 2.75) is 26.2 Å². The van der Waals surface area contributed by atoms with Crippen LogP contribution in [0.1, 0.15) is 26.2 Å². The molecule has 0 aliphatic heterocycles. The zero-order chi connectivity index (χ0) is 8.55. The predicted octanol–water partition coefficient (Wildman–Crippen LogP) is 2.49. The van der Waals surface area contributed by atoms with E-state index in [0.29, 0.717) is 0 Å². The van der Waals surface area contributed by atoms with Crippen molar-refractivity contribution in [2.24, 2.45) is 11.8 Å². The standard InChI is InChI=1S/C11H14O/c1-8-5-9-3-2-4-10(9)6-11(8)7-12/h2-3,7,9-10H,4-6H2,1H3. The lowest BCUT2D eigenvalue weighted by Crippen LogP contribution is -2.16. The number of carbonyl (C=O) groups is 1. The zero-order valence-corrected chi connectivity index (χ0v) is 7.42. The molecule has 2 atom stereocenters. The van der Waals surface area contributed by atoms with E-state index in [0.717, 1.165) is 36.5 Å². The highest BCUT2D eigenvalue weighted by Crippen LogP contribution is 2.39. The van der Waals surface area contributed by atoms with Crippen molar-refractivity contribution in [3.8, 4) is 0 Å². The Balaban J connectivity index is 2.21. The SMILES string of the molecule is CC1=C(C=O)CC2CC=CC2C1. The summed E-state index contributed by atoms with van der Waals surface area (Å²) in [5.74, 6) is 1.46. The summed E-state index contributed by atoms with van der Waals surface area (Å²) in [5, 5.41) is 0. The molecular weight excluding hydrogens is 148 g/mol. The van der Waals surface area contributed by atoms with Crippen LogP contribution in [-0.4, -0.2) is 6.29 Å². The third-order valence-corrected chi connectivity index (χ3v) is 3.14. The van der Waals surface area contributed by atoms with E-state index < -0.39 is 0 Å². The molecule has 1 heteroatoms. The molecule has 2 aliphatic rings. The third kappa shape index (κ3) is 1.13. The van der Waals surface area contributed by atoms with Crippen LogP contribution in [0.5, 0.6) is 0 Å². The molecule has 0 amide bonds. The van der Waals surface area contributed by atoms with Gasteiger partial charge in [-0.25, -0.2) is 0 Å². The Morgan fingerprint density at radius 2 is 2.33 bits per heavy atom. The summed E-state index contributed by atoms with van der Waals surface area (Å²) in [7, 11) is 0. The fourth-order valence-corrected chi connectivity index (χ4v) is 2.32. The summed E-state index contributed by atoms with van der Waals surface area (Å²) < 4.78 is 0. The van der Waals surface area contributed by atoms with Gasteiger partial charge in [0, 0.05) is 0 Å². The molecule has 0 spiro atoms. The van der Waals surface area contributed by atoms with Crippen molar-refractivity contribution in [2.75, 3.05) is 0 Å². The largest absolute Gasteiger partial charge is 0.298 e. The van der Waals surface area contributed by atoms with Gasteiger partial charge in [0.25, 0.3) is 0 Å². The maximum absolute atomic E-state index is 10.7. The fourth-order valence-electron chi connectivity index (χ4n) is 2.32. The van der Waals surface area contributed by atoms with E-state index in [9.17, 15) is 4.79 Å². The van der Waals surface area contributed by atoms with Gasteiger partial charge in [0.15, 0.2) is 0 Å². The van der Waals surface area contributed by atoms with E-state index >= 15 is 0 Å². The minimum absolute atomic E-state index is 0.730. The number of carbonyl (C=O) groups excluding carboxylic acids is 1. The Morgan fingerprint density at radius 1 is 1.50 bits per heavy atom. The highest BCUT2D eigenvalue weighted by Gasteiger charge is 2.28. The summed E-state index contributed by atoms with van der Waals surface area (Å²) in [6.45, 7) is 2.09. The van der Waals surface area contributed by atoms with Gasteiger partial charge in [0.1, 0.15) is 6.29 Å². The molecule has 1 nitrogen and oxygen atoms in total. The number of fused-ring (bicyclic) bond motifs is 1. The van der Waals surface area contributed by atoms with Crippen molar-refractivity contribution in [3.05, 3.63) is 23.3 Å². The minimum Gasteiger partial charge on any atom is -0.298 e. The van der Waals surface area contributed by atoms with Crippen LogP contribution < -0.4 is 0 Å². The van der Waals surface area contributed by atoms with E-state index in [-0.39, 0.29) is 0 Å². The maximum Gasteiger partial charge on any atom is 0.145 e. The van der Waals surface area contributed by atoms with E-state index in [2.05, 4.69) is 19.1 Å². The summed E-state index contributed by atoms with van der Waals surface area (Å²) in [6.07, 6.45) is 8.91. The van der Waals surface area contributed by atoms with Gasteiger partial charge in [0.2, 0.25) is 0 Å². The molecule has 0 radical (unpaired) electrons. The number of rotatable bonds is 1. The summed E-state index contributed by atoms with van der Waals surface area (Å²) in [5.41, 5.74) is 2.36. The Morgan fingerprint density at radius 3 is 3.08 bits per heavy atom. The molecule has 2 rings (SSSR count). The van der Waals surface area contributed by atoms with Crippen LogP contribution in [0.25, 0.3) is 0 Å². The number of hydrogen-bond acceptors (Lipinski definition) is 1. The Hall–Kier alpha value is -0.850. The quantitative estimate of drug-likeness (QED) is 0.427. The molecule has 0 aromatic carbocycles. The monoisotopic (exact) mass is 162 g/mol. The zero-order valence-electron chi connectivity index (χ0n) is 7.42. The first-order valence-corrected chi connectivity index (χ1v) is 4.61. The second-order valence-electron chi connectivity index (χ2n) is 3.92. The first kappa shape index (κ1) is 7.78. The van der Waals surface area contributed by atoms with E-state index in [4.69, 9.17) is 0 Å². The molecule has 0 heterocycles. The van der Waals surface area contributed by atoms with E-state index in [1.165, 1.54) is 12.0 Å². The maximum atomic E-state index is 10.7. The Kier molecular flexibility index (Phi) is 1.87. The normalized spacial score (nSPS) is 33.8. The molecule has 2 unspecified atom stereocenters. The van der Waals surface area contributed by atoms with Crippen molar-refractivity contribution in [1.82, 2.24) is 0 Å². The van der Waals surface area contributed by atoms with E-state index in [1.54, 1.807) is 0 Å². The average Bonchev–Trinajstić information content (AvgIpc) is 2.49. The van der Waals surface area contributed by atoms with Gasteiger partial charge in [-0.05, 0) is 43.6 Å². The molecule has 0 saturated carbocycles. The summed E-state index contributed by atoms with van der Waals surface area (Å²) >= 11 is 0. The Bertz CT molecular complexity index is 260. The number of aldehydes is 1. The molecule has 0 aromatic rings. The second-order valence-corrected chi connectivity index (χ2v) is 3.92. The second kappa shape index (κ2) is 2.89. The minimum atomic E-state index is 0.730. The van der Waals surface area contributed by atoms with Crippen molar-refractivity contribution in [3.63, 3.8) is 0 Å². The first-order valence-electron chi connectivity index (χ1n) is 4.61. The molecule has 12 heavy (non-hydrogen) atoms. The van der Waals surface area contributed by atoms with Crippen molar-refractivity contribution in [1.29, 1.82) is 0 Å². The fraction of sp³-hybridized carbons (Fsp3) is 0.545. The van der Waals surface area contributed by atoms with Crippen LogP contribution in [0.2, 0.25) is 0 Å². The molecule has 2 aliphatic carbocycles. The first-order chi connectivity index (χ1) is 5.81. The van der Waals surface area contributed by atoms with Gasteiger partial charge in [-0.3, -0.25) is 4.79 Å². The molecule has 0 fully saturated rings. The van der Waals surface area contributed by atoms with Crippen molar-refractivity contribution >= 4 is 6.29 Å². The molecule has 0 N–H and O–H groups in total. The lowest BCUT2D eigenvalue weighted by Gasteiger charge is -2.26. The number of hydrogen-bond donors (Lipinski definition) is 0. The van der Waals surface area contributed by atoms with Crippen LogP contribution in [0.4, 0.5) is 0 Å². The number of allylic oxidation sites excluding steroid dienone is 4. The molecular formula is C11H14O. The van der Waals surface area contributed by atoms with Crippen LogP contribution in [0, 0.1) is 11.8 Å². The van der Waals surface area contributed by atoms with Gasteiger partial charge >= 0.3 is 0 Å². The topological polar surface area (TPSA) is 17.1 Å². The Labute approximate surface area is 73.2 Å². The summed E-state index contributed by atoms with van der Waals surface area (Å²) in [6, 6.07) is 0. The molecule has 0 bridgehead atoms. The highest BCUT2D eigenvalue weighted by molar-refractivity contribution is 5.75. The van der Waals surface area contributed by atoms with E-state index in [1.807, 2.05) is 0 Å². The summed E-state index contributed by atoms with van der Waals surface area (Å²) in [4.78, 5) is 10.7. The van der Waals surface area contributed by atoms with Gasteiger partial charge in [-0.2, -0.15) is 0 Å². The predicted molar refractivity (Wildman–Crippen MR) is 48.7 cm³/mol. The van der Waals surface area contributed by atoms with Crippen LogP contribution in [0.3, 0.4) is 0 Å². The smallest absolute Gasteiger partial charge is 0.145 e.